The van der Waals surface area contributed by atoms with Crippen molar-refractivity contribution in [1.29, 1.82) is 0 Å². The summed E-state index contributed by atoms with van der Waals surface area (Å²) in [6, 6.07) is 14.3. The number of rotatable bonds is 6. The molecule has 0 aliphatic heterocycles. The predicted octanol–water partition coefficient (Wildman–Crippen LogP) is 4.63. The molecule has 3 N–H and O–H groups in total. The molecule has 2 aromatic carbocycles. The van der Waals surface area contributed by atoms with Crippen LogP contribution in [0.4, 0.5) is 8.78 Å². The Bertz CT molecular complexity index is 1190. The van der Waals surface area contributed by atoms with Gasteiger partial charge in [-0.1, -0.05) is 30.3 Å². The van der Waals surface area contributed by atoms with E-state index in [4.69, 9.17) is 5.73 Å². The number of nitrogens with zero attached hydrogens (tertiary/aromatic N) is 2. The van der Waals surface area contributed by atoms with Gasteiger partial charge in [0.05, 0.1) is 11.1 Å². The van der Waals surface area contributed by atoms with E-state index >= 15 is 0 Å². The summed E-state index contributed by atoms with van der Waals surface area (Å²) in [7, 11) is 0. The molecule has 1 aliphatic rings. The van der Waals surface area contributed by atoms with Crippen molar-refractivity contribution in [2.75, 3.05) is 0 Å². The molecule has 1 aromatic heterocycles. The second-order valence-corrected chi connectivity index (χ2v) is 9.37. The molecule has 174 valence electrons. The second kappa shape index (κ2) is 8.57. The number of carbonyl (C=O) groups excluding carboxylic acids is 2. The maximum Gasteiger partial charge on any atom is 0.273 e. The van der Waals surface area contributed by atoms with Crippen LogP contribution in [0.25, 0.3) is 10.9 Å². The quantitative estimate of drug-likeness (QED) is 0.569. The second-order valence-electron chi connectivity index (χ2n) is 9.37. The molecule has 0 saturated heterocycles. The third kappa shape index (κ3) is 4.89. The van der Waals surface area contributed by atoms with Crippen molar-refractivity contribution >= 4 is 22.7 Å². The highest BCUT2D eigenvalue weighted by Gasteiger charge is 2.35. The van der Waals surface area contributed by atoms with Gasteiger partial charge >= 0.3 is 0 Å². The standard InChI is InChI=1S/C25H28F2N4O2/c1-24(2,18-7-5-6-17(14-18)22(28)32)29-23(33)21-19-8-3-4-9-20(19)31(30-21)15-16-10-12-25(26,27)13-11-16/h3-9,14,16H,10-13,15H2,1-2H3,(H2,28,32)(H,29,33). The number of para-hydroxylation sites is 1. The molecule has 1 heterocycles. The van der Waals surface area contributed by atoms with Crippen LogP contribution in [0.1, 0.15) is 65.9 Å². The SMILES string of the molecule is CC(C)(NC(=O)c1nn(CC2CCC(F)(F)CC2)c2ccccc12)c1cccc(C(N)=O)c1. The molecule has 1 saturated carbocycles. The summed E-state index contributed by atoms with van der Waals surface area (Å²) >= 11 is 0. The van der Waals surface area contributed by atoms with Crippen molar-refractivity contribution in [3.05, 3.63) is 65.4 Å². The maximum absolute atomic E-state index is 13.5. The Kier molecular flexibility index (Phi) is 5.95. The van der Waals surface area contributed by atoms with Crippen LogP contribution in [-0.2, 0) is 12.1 Å². The molecule has 0 unspecified atom stereocenters. The van der Waals surface area contributed by atoms with Crippen molar-refractivity contribution in [2.24, 2.45) is 11.7 Å². The van der Waals surface area contributed by atoms with Crippen molar-refractivity contribution in [1.82, 2.24) is 15.1 Å². The summed E-state index contributed by atoms with van der Waals surface area (Å²) in [6.07, 6.45) is 0.656. The van der Waals surface area contributed by atoms with Crippen LogP contribution in [0.2, 0.25) is 0 Å². The highest BCUT2D eigenvalue weighted by Crippen LogP contribution is 2.37. The lowest BCUT2D eigenvalue weighted by Gasteiger charge is -2.28. The van der Waals surface area contributed by atoms with E-state index in [1.807, 2.05) is 44.2 Å². The molecule has 0 radical (unpaired) electrons. The third-order valence-electron chi connectivity index (χ3n) is 6.44. The maximum atomic E-state index is 13.5. The Hall–Kier alpha value is -3.29. The number of halogens is 2. The normalized spacial score (nSPS) is 16.6. The first kappa shape index (κ1) is 22.9. The van der Waals surface area contributed by atoms with Crippen molar-refractivity contribution in [2.45, 2.75) is 57.5 Å². The number of alkyl halides is 2. The van der Waals surface area contributed by atoms with E-state index in [9.17, 15) is 18.4 Å². The number of amides is 2. The van der Waals surface area contributed by atoms with E-state index < -0.39 is 17.4 Å². The zero-order chi connectivity index (χ0) is 23.8. The van der Waals surface area contributed by atoms with Gasteiger partial charge < -0.3 is 11.1 Å². The Balaban J connectivity index is 1.58. The molecule has 0 atom stereocenters. The summed E-state index contributed by atoms with van der Waals surface area (Å²) < 4.78 is 28.9. The topological polar surface area (TPSA) is 90.0 Å². The number of carbonyl (C=O) groups is 2. The minimum atomic E-state index is -2.58. The summed E-state index contributed by atoms with van der Waals surface area (Å²) in [5.41, 5.74) is 6.79. The molecule has 0 bridgehead atoms. The van der Waals surface area contributed by atoms with Crippen LogP contribution >= 0.6 is 0 Å². The van der Waals surface area contributed by atoms with E-state index in [1.165, 1.54) is 0 Å². The molecule has 8 heteroatoms. The van der Waals surface area contributed by atoms with Gasteiger partial charge in [-0.15, -0.1) is 0 Å². The lowest BCUT2D eigenvalue weighted by Crippen LogP contribution is -2.41. The number of fused-ring (bicyclic) bond motifs is 1. The molecular formula is C25H28F2N4O2. The lowest BCUT2D eigenvalue weighted by molar-refractivity contribution is -0.0475. The van der Waals surface area contributed by atoms with Gasteiger partial charge in [0, 0.05) is 30.3 Å². The monoisotopic (exact) mass is 454 g/mol. The predicted molar refractivity (Wildman–Crippen MR) is 122 cm³/mol. The van der Waals surface area contributed by atoms with Gasteiger partial charge in [0.1, 0.15) is 0 Å². The zero-order valence-electron chi connectivity index (χ0n) is 18.8. The van der Waals surface area contributed by atoms with Gasteiger partial charge in [-0.2, -0.15) is 5.10 Å². The summed E-state index contributed by atoms with van der Waals surface area (Å²) in [6.45, 7) is 4.17. The molecule has 6 nitrogen and oxygen atoms in total. The van der Waals surface area contributed by atoms with Crippen LogP contribution in [0.15, 0.2) is 48.5 Å². The smallest absolute Gasteiger partial charge is 0.273 e. The molecule has 33 heavy (non-hydrogen) atoms. The first-order valence-corrected chi connectivity index (χ1v) is 11.1. The van der Waals surface area contributed by atoms with E-state index in [0.717, 1.165) is 11.1 Å². The van der Waals surface area contributed by atoms with Gasteiger partial charge in [0.25, 0.3) is 5.91 Å². The molecule has 3 aromatic rings. The summed E-state index contributed by atoms with van der Waals surface area (Å²) in [5, 5.41) is 8.30. The molecule has 4 rings (SSSR count). The van der Waals surface area contributed by atoms with Crippen LogP contribution in [0.5, 0.6) is 0 Å². The van der Waals surface area contributed by atoms with E-state index in [-0.39, 0.29) is 30.4 Å². The third-order valence-corrected chi connectivity index (χ3v) is 6.44. The number of nitrogens with two attached hydrogens (primary N) is 1. The molecule has 0 spiro atoms. The van der Waals surface area contributed by atoms with Crippen molar-refractivity contribution in [3.8, 4) is 0 Å². The number of benzene rings is 2. The van der Waals surface area contributed by atoms with E-state index in [2.05, 4.69) is 10.4 Å². The minimum Gasteiger partial charge on any atom is -0.366 e. The summed E-state index contributed by atoms with van der Waals surface area (Å²) in [4.78, 5) is 24.8. The Morgan fingerprint density at radius 2 is 1.85 bits per heavy atom. The Morgan fingerprint density at radius 3 is 2.55 bits per heavy atom. The van der Waals surface area contributed by atoms with Crippen LogP contribution < -0.4 is 11.1 Å². The fraction of sp³-hybridized carbons (Fsp3) is 0.400. The van der Waals surface area contributed by atoms with Gasteiger partial charge in [0.2, 0.25) is 11.8 Å². The van der Waals surface area contributed by atoms with Gasteiger partial charge in [0.15, 0.2) is 5.69 Å². The first-order valence-electron chi connectivity index (χ1n) is 11.1. The lowest BCUT2D eigenvalue weighted by atomic mass is 9.87. The first-order chi connectivity index (χ1) is 15.6. The van der Waals surface area contributed by atoms with Crippen LogP contribution in [-0.4, -0.2) is 27.5 Å². The van der Waals surface area contributed by atoms with Gasteiger partial charge in [-0.05, 0) is 56.4 Å². The molecular weight excluding hydrogens is 426 g/mol. The fourth-order valence-corrected chi connectivity index (χ4v) is 4.44. The molecule has 2 amide bonds. The zero-order valence-corrected chi connectivity index (χ0v) is 18.8. The largest absolute Gasteiger partial charge is 0.366 e. The average molecular weight is 455 g/mol. The van der Waals surface area contributed by atoms with E-state index in [0.29, 0.717) is 30.3 Å². The number of aromatic nitrogens is 2. The number of primary amides is 1. The minimum absolute atomic E-state index is 0.0943. The van der Waals surface area contributed by atoms with Gasteiger partial charge in [-0.25, -0.2) is 8.78 Å². The van der Waals surface area contributed by atoms with Gasteiger partial charge in [-0.3, -0.25) is 14.3 Å². The number of nitrogens with one attached hydrogen (secondary N) is 1. The fourth-order valence-electron chi connectivity index (χ4n) is 4.44. The van der Waals surface area contributed by atoms with E-state index in [1.54, 1.807) is 22.9 Å². The highest BCUT2D eigenvalue weighted by atomic mass is 19.3. The molecule has 1 fully saturated rings. The summed E-state index contributed by atoms with van der Waals surface area (Å²) in [5.74, 6) is -3.37. The Labute approximate surface area is 191 Å². The van der Waals surface area contributed by atoms with Crippen molar-refractivity contribution < 1.29 is 18.4 Å². The van der Waals surface area contributed by atoms with Crippen LogP contribution in [0, 0.1) is 5.92 Å². The highest BCUT2D eigenvalue weighted by molar-refractivity contribution is 6.05. The van der Waals surface area contributed by atoms with Crippen LogP contribution in [0.3, 0.4) is 0 Å². The molecule has 1 aliphatic carbocycles. The average Bonchev–Trinajstić information content (AvgIpc) is 3.14. The Morgan fingerprint density at radius 1 is 1.15 bits per heavy atom. The number of hydrogen-bond donors (Lipinski definition) is 2. The van der Waals surface area contributed by atoms with Crippen molar-refractivity contribution in [3.63, 3.8) is 0 Å². The number of hydrogen-bond acceptors (Lipinski definition) is 3.